The molecule has 3 heteroatoms. The Kier molecular flexibility index (Phi) is 4.46. The molecule has 0 amide bonds. The predicted molar refractivity (Wildman–Crippen MR) is 80.6 cm³/mol. The van der Waals surface area contributed by atoms with Crippen LogP contribution in [0.4, 0.5) is 0 Å². The molecule has 3 rings (SSSR count). The van der Waals surface area contributed by atoms with E-state index in [-0.39, 0.29) is 0 Å². The highest BCUT2D eigenvalue weighted by atomic mass is 16.5. The standard InChI is InChI=1S/C17H25NO2/c1-19-16-7-6-13(10-14-8-9-18-12-14)11-17(16)20-15-4-2-3-5-15/h6-7,11,14-15,18H,2-5,8-10,12H2,1H3. The molecular formula is C17H25NO2. The Bertz CT molecular complexity index is 435. The van der Waals surface area contributed by atoms with Crippen LogP contribution < -0.4 is 14.8 Å². The zero-order valence-corrected chi connectivity index (χ0v) is 12.4. The second-order valence-electron chi connectivity index (χ2n) is 6.07. The Labute approximate surface area is 121 Å². The van der Waals surface area contributed by atoms with Gasteiger partial charge in [0.15, 0.2) is 11.5 Å². The van der Waals surface area contributed by atoms with Crippen LogP contribution in [-0.2, 0) is 6.42 Å². The van der Waals surface area contributed by atoms with E-state index >= 15 is 0 Å². The molecule has 1 saturated heterocycles. The van der Waals surface area contributed by atoms with Gasteiger partial charge in [-0.25, -0.2) is 0 Å². The summed E-state index contributed by atoms with van der Waals surface area (Å²) in [5.74, 6) is 2.57. The van der Waals surface area contributed by atoms with E-state index in [0.29, 0.717) is 6.10 Å². The van der Waals surface area contributed by atoms with Crippen molar-refractivity contribution >= 4 is 0 Å². The fourth-order valence-corrected chi connectivity index (χ4v) is 3.35. The Morgan fingerprint density at radius 2 is 2.00 bits per heavy atom. The van der Waals surface area contributed by atoms with Crippen molar-refractivity contribution in [1.82, 2.24) is 5.32 Å². The molecule has 1 aliphatic heterocycles. The van der Waals surface area contributed by atoms with Gasteiger partial charge in [-0.2, -0.15) is 0 Å². The molecule has 0 aromatic heterocycles. The van der Waals surface area contributed by atoms with Gasteiger partial charge in [0.25, 0.3) is 0 Å². The van der Waals surface area contributed by atoms with Crippen LogP contribution in [0, 0.1) is 5.92 Å². The number of hydrogen-bond donors (Lipinski definition) is 1. The first-order valence-electron chi connectivity index (χ1n) is 7.89. The van der Waals surface area contributed by atoms with E-state index in [4.69, 9.17) is 9.47 Å². The van der Waals surface area contributed by atoms with Gasteiger partial charge in [-0.15, -0.1) is 0 Å². The summed E-state index contributed by atoms with van der Waals surface area (Å²) in [6.45, 7) is 2.30. The van der Waals surface area contributed by atoms with E-state index < -0.39 is 0 Å². The van der Waals surface area contributed by atoms with Crippen molar-refractivity contribution in [2.45, 2.75) is 44.6 Å². The summed E-state index contributed by atoms with van der Waals surface area (Å²) >= 11 is 0. The zero-order chi connectivity index (χ0) is 13.8. The van der Waals surface area contributed by atoms with Gasteiger partial charge in [0.05, 0.1) is 13.2 Å². The lowest BCUT2D eigenvalue weighted by Crippen LogP contribution is -2.13. The van der Waals surface area contributed by atoms with Crippen molar-refractivity contribution in [3.05, 3.63) is 23.8 Å². The maximum Gasteiger partial charge on any atom is 0.161 e. The van der Waals surface area contributed by atoms with E-state index in [9.17, 15) is 0 Å². The van der Waals surface area contributed by atoms with Crippen molar-refractivity contribution in [2.75, 3.05) is 20.2 Å². The molecule has 1 aromatic carbocycles. The smallest absolute Gasteiger partial charge is 0.161 e. The molecule has 3 nitrogen and oxygen atoms in total. The summed E-state index contributed by atoms with van der Waals surface area (Å²) in [7, 11) is 1.72. The van der Waals surface area contributed by atoms with Crippen LogP contribution in [0.15, 0.2) is 18.2 Å². The molecule has 20 heavy (non-hydrogen) atoms. The van der Waals surface area contributed by atoms with Gasteiger partial charge in [-0.3, -0.25) is 0 Å². The minimum atomic E-state index is 0.382. The lowest BCUT2D eigenvalue weighted by atomic mass is 9.98. The van der Waals surface area contributed by atoms with Crippen molar-refractivity contribution < 1.29 is 9.47 Å². The number of rotatable bonds is 5. The van der Waals surface area contributed by atoms with E-state index in [2.05, 4.69) is 23.5 Å². The van der Waals surface area contributed by atoms with Gasteiger partial charge in [0.2, 0.25) is 0 Å². The van der Waals surface area contributed by atoms with Gasteiger partial charge in [0.1, 0.15) is 0 Å². The van der Waals surface area contributed by atoms with Gasteiger partial charge in [0, 0.05) is 0 Å². The Morgan fingerprint density at radius 3 is 2.70 bits per heavy atom. The van der Waals surface area contributed by atoms with Gasteiger partial charge < -0.3 is 14.8 Å². The first-order chi connectivity index (χ1) is 9.85. The van der Waals surface area contributed by atoms with E-state index in [0.717, 1.165) is 36.9 Å². The van der Waals surface area contributed by atoms with Crippen LogP contribution in [0.5, 0.6) is 11.5 Å². The van der Waals surface area contributed by atoms with Gasteiger partial charge in [-0.05, 0) is 75.2 Å². The normalized spacial score (nSPS) is 23.1. The SMILES string of the molecule is COc1ccc(CC2CCNC2)cc1OC1CCCC1. The average molecular weight is 275 g/mol. The molecule has 0 bridgehead atoms. The monoisotopic (exact) mass is 275 g/mol. The fraction of sp³-hybridized carbons (Fsp3) is 0.647. The Morgan fingerprint density at radius 1 is 1.15 bits per heavy atom. The quantitative estimate of drug-likeness (QED) is 0.895. The van der Waals surface area contributed by atoms with Crippen molar-refractivity contribution in [3.8, 4) is 11.5 Å². The summed E-state index contributed by atoms with van der Waals surface area (Å²) in [5, 5.41) is 3.43. The molecule has 2 aliphatic rings. The molecule has 2 fully saturated rings. The third-order valence-corrected chi connectivity index (χ3v) is 4.51. The van der Waals surface area contributed by atoms with Crippen molar-refractivity contribution in [3.63, 3.8) is 0 Å². The molecule has 0 radical (unpaired) electrons. The minimum absolute atomic E-state index is 0.382. The first kappa shape index (κ1) is 13.7. The topological polar surface area (TPSA) is 30.5 Å². The minimum Gasteiger partial charge on any atom is -0.493 e. The number of methoxy groups -OCH3 is 1. The lowest BCUT2D eigenvalue weighted by Gasteiger charge is -2.17. The van der Waals surface area contributed by atoms with E-state index in [1.165, 1.54) is 37.7 Å². The summed E-state index contributed by atoms with van der Waals surface area (Å²) < 4.78 is 11.6. The third kappa shape index (κ3) is 3.26. The highest BCUT2D eigenvalue weighted by Gasteiger charge is 2.20. The molecule has 1 aliphatic carbocycles. The maximum absolute atomic E-state index is 6.16. The van der Waals surface area contributed by atoms with Gasteiger partial charge in [-0.1, -0.05) is 6.07 Å². The van der Waals surface area contributed by atoms with E-state index in [1.807, 2.05) is 0 Å². The molecule has 1 heterocycles. The number of ether oxygens (including phenoxy) is 2. The fourth-order valence-electron chi connectivity index (χ4n) is 3.35. The third-order valence-electron chi connectivity index (χ3n) is 4.51. The lowest BCUT2D eigenvalue weighted by molar-refractivity contribution is 0.200. The van der Waals surface area contributed by atoms with Crippen LogP contribution >= 0.6 is 0 Å². The number of benzene rings is 1. The molecular weight excluding hydrogens is 250 g/mol. The highest BCUT2D eigenvalue weighted by molar-refractivity contribution is 5.43. The van der Waals surface area contributed by atoms with Gasteiger partial charge >= 0.3 is 0 Å². The highest BCUT2D eigenvalue weighted by Crippen LogP contribution is 2.33. The summed E-state index contributed by atoms with van der Waals surface area (Å²) in [5.41, 5.74) is 1.37. The second-order valence-corrected chi connectivity index (χ2v) is 6.07. The molecule has 1 unspecified atom stereocenters. The molecule has 110 valence electrons. The van der Waals surface area contributed by atoms with Crippen LogP contribution in [0.2, 0.25) is 0 Å². The largest absolute Gasteiger partial charge is 0.493 e. The number of nitrogens with one attached hydrogen (secondary N) is 1. The van der Waals surface area contributed by atoms with E-state index in [1.54, 1.807) is 7.11 Å². The van der Waals surface area contributed by atoms with Crippen LogP contribution in [0.3, 0.4) is 0 Å². The van der Waals surface area contributed by atoms with Crippen molar-refractivity contribution in [2.24, 2.45) is 5.92 Å². The van der Waals surface area contributed by atoms with Crippen LogP contribution in [0.1, 0.15) is 37.7 Å². The predicted octanol–water partition coefficient (Wildman–Crippen LogP) is 3.17. The summed E-state index contributed by atoms with van der Waals surface area (Å²) in [6, 6.07) is 6.43. The number of hydrogen-bond acceptors (Lipinski definition) is 3. The average Bonchev–Trinajstić information content (AvgIpc) is 3.13. The molecule has 1 saturated carbocycles. The molecule has 1 N–H and O–H groups in total. The Balaban J connectivity index is 1.71. The maximum atomic E-state index is 6.16. The molecule has 1 atom stereocenters. The molecule has 1 aromatic rings. The van der Waals surface area contributed by atoms with Crippen LogP contribution in [0.25, 0.3) is 0 Å². The van der Waals surface area contributed by atoms with Crippen molar-refractivity contribution in [1.29, 1.82) is 0 Å². The summed E-state index contributed by atoms with van der Waals surface area (Å²) in [4.78, 5) is 0. The molecule has 0 spiro atoms. The zero-order valence-electron chi connectivity index (χ0n) is 12.4. The van der Waals surface area contributed by atoms with Crippen LogP contribution in [-0.4, -0.2) is 26.3 Å². The summed E-state index contributed by atoms with van der Waals surface area (Å²) in [6.07, 6.45) is 7.75. The Hall–Kier alpha value is -1.22. The first-order valence-corrected chi connectivity index (χ1v) is 7.89. The second kappa shape index (κ2) is 6.49.